The molecule has 3 heteroatoms. The van der Waals surface area contributed by atoms with E-state index in [4.69, 9.17) is 0 Å². The van der Waals surface area contributed by atoms with Crippen molar-refractivity contribution >= 4 is 12.6 Å². The first-order chi connectivity index (χ1) is 7.33. The lowest BCUT2D eigenvalue weighted by molar-refractivity contribution is 0.373. The van der Waals surface area contributed by atoms with Crippen molar-refractivity contribution in [2.75, 3.05) is 25.9 Å². The molecule has 82 valence electrons. The molecule has 0 fully saturated rings. The Kier molecular flexibility index (Phi) is 6.12. The first-order valence-corrected chi connectivity index (χ1v) is 5.80. The van der Waals surface area contributed by atoms with E-state index in [1.165, 1.54) is 0 Å². The van der Waals surface area contributed by atoms with E-state index in [-0.39, 0.29) is 0 Å². The summed E-state index contributed by atoms with van der Waals surface area (Å²) < 4.78 is 0. The highest BCUT2D eigenvalue weighted by atomic mass is 32.1. The molecule has 0 amide bonds. The molecule has 0 radical (unpaired) electrons. The summed E-state index contributed by atoms with van der Waals surface area (Å²) in [6, 6.07) is 6.04. The highest BCUT2D eigenvalue weighted by Crippen LogP contribution is 1.96. The van der Waals surface area contributed by atoms with E-state index >= 15 is 0 Å². The Hall–Kier alpha value is -0.800. The van der Waals surface area contributed by atoms with Gasteiger partial charge in [-0.3, -0.25) is 4.98 Å². The highest BCUT2D eigenvalue weighted by Gasteiger charge is 1.97. The molecule has 2 nitrogen and oxygen atoms in total. The van der Waals surface area contributed by atoms with Gasteiger partial charge in [0, 0.05) is 37.2 Å². The van der Waals surface area contributed by atoms with Crippen LogP contribution in [0.15, 0.2) is 36.5 Å². The van der Waals surface area contributed by atoms with E-state index in [0.717, 1.165) is 31.0 Å². The summed E-state index contributed by atoms with van der Waals surface area (Å²) in [5, 5.41) is 0. The maximum absolute atomic E-state index is 4.29. The quantitative estimate of drug-likeness (QED) is 0.586. The van der Waals surface area contributed by atoms with E-state index in [1.54, 1.807) is 0 Å². The van der Waals surface area contributed by atoms with Gasteiger partial charge in [0.1, 0.15) is 0 Å². The summed E-state index contributed by atoms with van der Waals surface area (Å²) in [6.45, 7) is 2.02. The molecule has 1 heterocycles. The van der Waals surface area contributed by atoms with Crippen molar-refractivity contribution < 1.29 is 0 Å². The average molecular weight is 222 g/mol. The van der Waals surface area contributed by atoms with Gasteiger partial charge in [0.05, 0.1) is 0 Å². The number of hydrogen-bond donors (Lipinski definition) is 1. The van der Waals surface area contributed by atoms with Gasteiger partial charge < -0.3 is 4.90 Å². The maximum Gasteiger partial charge on any atom is 0.0416 e. The molecule has 0 spiro atoms. The molecular formula is C12H18N2S. The van der Waals surface area contributed by atoms with Gasteiger partial charge in [0.2, 0.25) is 0 Å². The van der Waals surface area contributed by atoms with Crippen molar-refractivity contribution in [2.24, 2.45) is 0 Å². The monoisotopic (exact) mass is 222 g/mol. The SMILES string of the molecule is CN(CC=CCS)CCc1ccccn1. The zero-order chi connectivity index (χ0) is 10.9. The minimum atomic E-state index is 0.814. The lowest BCUT2D eigenvalue weighted by Gasteiger charge is -2.13. The second-order valence-electron chi connectivity index (χ2n) is 3.49. The van der Waals surface area contributed by atoms with Crippen LogP contribution in [-0.4, -0.2) is 35.8 Å². The molecule has 1 aromatic heterocycles. The summed E-state index contributed by atoms with van der Waals surface area (Å²) in [5.74, 6) is 0.814. The number of thiol groups is 1. The van der Waals surface area contributed by atoms with Crippen LogP contribution in [0.5, 0.6) is 0 Å². The molecule has 0 N–H and O–H groups in total. The fraction of sp³-hybridized carbons (Fsp3) is 0.417. The van der Waals surface area contributed by atoms with Crippen molar-refractivity contribution in [1.82, 2.24) is 9.88 Å². The Morgan fingerprint density at radius 2 is 2.27 bits per heavy atom. The number of hydrogen-bond acceptors (Lipinski definition) is 3. The first kappa shape index (κ1) is 12.3. The predicted molar refractivity (Wildman–Crippen MR) is 68.4 cm³/mol. The van der Waals surface area contributed by atoms with Crippen molar-refractivity contribution in [3.63, 3.8) is 0 Å². The second kappa shape index (κ2) is 7.49. The summed E-state index contributed by atoms with van der Waals surface area (Å²) in [5.41, 5.74) is 1.16. The third kappa shape index (κ3) is 5.60. The molecule has 0 atom stereocenters. The predicted octanol–water partition coefficient (Wildman–Crippen LogP) is 2.04. The van der Waals surface area contributed by atoms with Crippen molar-refractivity contribution in [1.29, 1.82) is 0 Å². The molecule has 1 aromatic rings. The van der Waals surface area contributed by atoms with Crippen LogP contribution in [0.25, 0.3) is 0 Å². The van der Waals surface area contributed by atoms with Gasteiger partial charge in [-0.15, -0.1) is 0 Å². The minimum Gasteiger partial charge on any atom is -0.302 e. The van der Waals surface area contributed by atoms with Crippen molar-refractivity contribution in [3.8, 4) is 0 Å². The second-order valence-corrected chi connectivity index (χ2v) is 3.85. The van der Waals surface area contributed by atoms with Gasteiger partial charge in [0.25, 0.3) is 0 Å². The van der Waals surface area contributed by atoms with Gasteiger partial charge in [-0.1, -0.05) is 18.2 Å². The molecule has 0 saturated heterocycles. The van der Waals surface area contributed by atoms with E-state index in [1.807, 2.05) is 18.3 Å². The summed E-state index contributed by atoms with van der Waals surface area (Å²) >= 11 is 4.12. The van der Waals surface area contributed by atoms with Gasteiger partial charge in [-0.05, 0) is 19.2 Å². The first-order valence-electron chi connectivity index (χ1n) is 5.17. The Balaban J connectivity index is 2.22. The molecule has 0 saturated carbocycles. The number of likely N-dealkylation sites (N-methyl/N-ethyl adjacent to an activating group) is 1. The molecular weight excluding hydrogens is 204 g/mol. The normalized spacial score (nSPS) is 11.4. The fourth-order valence-corrected chi connectivity index (χ4v) is 1.42. The molecule has 0 bridgehead atoms. The zero-order valence-electron chi connectivity index (χ0n) is 9.13. The Morgan fingerprint density at radius 3 is 2.93 bits per heavy atom. The Morgan fingerprint density at radius 1 is 1.40 bits per heavy atom. The number of pyridine rings is 1. The summed E-state index contributed by atoms with van der Waals surface area (Å²) in [6.07, 6.45) is 7.06. The number of aromatic nitrogens is 1. The Labute approximate surface area is 97.4 Å². The van der Waals surface area contributed by atoms with Gasteiger partial charge in [-0.25, -0.2) is 0 Å². The van der Waals surface area contributed by atoms with Crippen LogP contribution in [0.3, 0.4) is 0 Å². The zero-order valence-corrected chi connectivity index (χ0v) is 10.0. The van der Waals surface area contributed by atoms with Crippen LogP contribution in [0, 0.1) is 0 Å². The van der Waals surface area contributed by atoms with E-state index in [0.29, 0.717) is 0 Å². The molecule has 1 rings (SSSR count). The van der Waals surface area contributed by atoms with Crippen molar-refractivity contribution in [2.45, 2.75) is 6.42 Å². The van der Waals surface area contributed by atoms with Crippen LogP contribution < -0.4 is 0 Å². The third-order valence-corrected chi connectivity index (χ3v) is 2.38. The van der Waals surface area contributed by atoms with Gasteiger partial charge >= 0.3 is 0 Å². The highest BCUT2D eigenvalue weighted by molar-refractivity contribution is 7.80. The van der Waals surface area contributed by atoms with Crippen LogP contribution in [0.4, 0.5) is 0 Å². The topological polar surface area (TPSA) is 16.1 Å². The van der Waals surface area contributed by atoms with Crippen LogP contribution >= 0.6 is 12.6 Å². The third-order valence-electron chi connectivity index (χ3n) is 2.16. The Bertz CT molecular complexity index is 285. The molecule has 0 aliphatic heterocycles. The van der Waals surface area contributed by atoms with Gasteiger partial charge in [-0.2, -0.15) is 12.6 Å². The maximum atomic E-state index is 4.29. The van der Waals surface area contributed by atoms with E-state index in [9.17, 15) is 0 Å². The van der Waals surface area contributed by atoms with E-state index < -0.39 is 0 Å². The minimum absolute atomic E-state index is 0.814. The van der Waals surface area contributed by atoms with Crippen LogP contribution in [0.1, 0.15) is 5.69 Å². The smallest absolute Gasteiger partial charge is 0.0416 e. The molecule has 15 heavy (non-hydrogen) atoms. The molecule has 0 unspecified atom stereocenters. The molecule has 0 aromatic carbocycles. The number of nitrogens with zero attached hydrogens (tertiary/aromatic N) is 2. The standard InChI is InChI=1S/C12H18N2S/c1-14(9-4-5-11-15)10-7-12-6-2-3-8-13-12/h2-6,8,15H,7,9-11H2,1H3. The van der Waals surface area contributed by atoms with Crippen molar-refractivity contribution in [3.05, 3.63) is 42.2 Å². The molecule has 0 aliphatic rings. The van der Waals surface area contributed by atoms with Crippen LogP contribution in [-0.2, 0) is 6.42 Å². The van der Waals surface area contributed by atoms with Gasteiger partial charge in [0.15, 0.2) is 0 Å². The summed E-state index contributed by atoms with van der Waals surface area (Å²) in [4.78, 5) is 6.56. The molecule has 0 aliphatic carbocycles. The number of rotatable bonds is 6. The largest absolute Gasteiger partial charge is 0.302 e. The lowest BCUT2D eigenvalue weighted by Crippen LogP contribution is -2.21. The fourth-order valence-electron chi connectivity index (χ4n) is 1.27. The lowest BCUT2D eigenvalue weighted by atomic mass is 10.2. The summed E-state index contributed by atoms with van der Waals surface area (Å²) in [7, 11) is 2.12. The van der Waals surface area contributed by atoms with Crippen LogP contribution in [0.2, 0.25) is 0 Å². The average Bonchev–Trinajstić information content (AvgIpc) is 2.28. The van der Waals surface area contributed by atoms with E-state index in [2.05, 4.69) is 47.8 Å².